The van der Waals surface area contributed by atoms with Crippen molar-refractivity contribution in [2.75, 3.05) is 6.61 Å². The maximum Gasteiger partial charge on any atom is 0.307 e. The SMILES string of the molecule is CCOC(=O)C[C@H](N)c1ccc2cc[nH]c2c1. The standard InChI is InChI=1S/C13H16N2O2/c1-2-17-13(16)8-11(14)10-4-3-9-5-6-15-12(9)7-10/h3-7,11,15H,2,8,14H2,1H3/t11-/m0/s1. The van der Waals surface area contributed by atoms with Crippen LogP contribution in [0.2, 0.25) is 0 Å². The summed E-state index contributed by atoms with van der Waals surface area (Å²) in [7, 11) is 0. The fourth-order valence-corrected chi connectivity index (χ4v) is 1.81. The van der Waals surface area contributed by atoms with Crippen molar-refractivity contribution >= 4 is 16.9 Å². The molecule has 4 nitrogen and oxygen atoms in total. The number of H-pyrrole nitrogens is 1. The molecular formula is C13H16N2O2. The molecule has 1 heterocycles. The van der Waals surface area contributed by atoms with Gasteiger partial charge in [-0.1, -0.05) is 12.1 Å². The van der Waals surface area contributed by atoms with Gasteiger partial charge in [0.05, 0.1) is 13.0 Å². The Bertz CT molecular complexity index is 519. The summed E-state index contributed by atoms with van der Waals surface area (Å²) in [4.78, 5) is 14.5. The molecule has 0 bridgehead atoms. The number of aromatic amines is 1. The summed E-state index contributed by atoms with van der Waals surface area (Å²) in [6.07, 6.45) is 2.09. The molecule has 0 saturated carbocycles. The number of nitrogens with two attached hydrogens (primary N) is 1. The minimum absolute atomic E-state index is 0.208. The van der Waals surface area contributed by atoms with E-state index in [1.54, 1.807) is 6.92 Å². The molecule has 1 atom stereocenters. The number of hydrogen-bond donors (Lipinski definition) is 2. The van der Waals surface area contributed by atoms with Gasteiger partial charge >= 0.3 is 5.97 Å². The average Bonchev–Trinajstić information content (AvgIpc) is 2.75. The monoisotopic (exact) mass is 232 g/mol. The quantitative estimate of drug-likeness (QED) is 0.793. The second kappa shape index (κ2) is 5.01. The van der Waals surface area contributed by atoms with Crippen molar-refractivity contribution in [3.63, 3.8) is 0 Å². The minimum atomic E-state index is -0.318. The Kier molecular flexibility index (Phi) is 3.44. The fourth-order valence-electron chi connectivity index (χ4n) is 1.81. The van der Waals surface area contributed by atoms with Gasteiger partial charge in [-0.2, -0.15) is 0 Å². The van der Waals surface area contributed by atoms with Crippen molar-refractivity contribution < 1.29 is 9.53 Å². The number of hydrogen-bond acceptors (Lipinski definition) is 3. The number of carbonyl (C=O) groups is 1. The Morgan fingerprint density at radius 2 is 2.29 bits per heavy atom. The molecule has 2 rings (SSSR count). The molecule has 90 valence electrons. The van der Waals surface area contributed by atoms with Crippen LogP contribution in [0.3, 0.4) is 0 Å². The van der Waals surface area contributed by atoms with Gasteiger partial charge in [0.1, 0.15) is 0 Å². The molecule has 0 spiro atoms. The lowest BCUT2D eigenvalue weighted by molar-refractivity contribution is -0.143. The van der Waals surface area contributed by atoms with Crippen LogP contribution in [0.4, 0.5) is 0 Å². The van der Waals surface area contributed by atoms with E-state index in [0.29, 0.717) is 6.61 Å². The highest BCUT2D eigenvalue weighted by atomic mass is 16.5. The van der Waals surface area contributed by atoms with Crippen LogP contribution in [0.25, 0.3) is 10.9 Å². The van der Waals surface area contributed by atoms with Crippen LogP contribution in [0.5, 0.6) is 0 Å². The third-order valence-corrected chi connectivity index (χ3v) is 2.70. The van der Waals surface area contributed by atoms with E-state index in [9.17, 15) is 4.79 Å². The van der Waals surface area contributed by atoms with Crippen LogP contribution in [0, 0.1) is 0 Å². The average molecular weight is 232 g/mol. The lowest BCUT2D eigenvalue weighted by atomic mass is 10.0. The number of esters is 1. The molecule has 2 aromatic rings. The zero-order valence-corrected chi connectivity index (χ0v) is 9.77. The fraction of sp³-hybridized carbons (Fsp3) is 0.308. The molecular weight excluding hydrogens is 216 g/mol. The maximum absolute atomic E-state index is 11.3. The molecule has 0 aliphatic carbocycles. The highest BCUT2D eigenvalue weighted by molar-refractivity contribution is 5.80. The van der Waals surface area contributed by atoms with Crippen molar-refractivity contribution in [3.8, 4) is 0 Å². The van der Waals surface area contributed by atoms with Crippen LogP contribution in [-0.4, -0.2) is 17.6 Å². The third kappa shape index (κ3) is 2.65. The van der Waals surface area contributed by atoms with E-state index in [2.05, 4.69) is 4.98 Å². The lowest BCUT2D eigenvalue weighted by Crippen LogP contribution is -2.17. The van der Waals surface area contributed by atoms with Gasteiger partial charge in [0.25, 0.3) is 0 Å². The van der Waals surface area contributed by atoms with Crippen LogP contribution in [0.15, 0.2) is 30.5 Å². The Labute approximate surface area is 99.8 Å². The zero-order chi connectivity index (χ0) is 12.3. The Morgan fingerprint density at radius 3 is 3.06 bits per heavy atom. The zero-order valence-electron chi connectivity index (χ0n) is 9.77. The highest BCUT2D eigenvalue weighted by Gasteiger charge is 2.12. The largest absolute Gasteiger partial charge is 0.466 e. The van der Waals surface area contributed by atoms with Crippen LogP contribution < -0.4 is 5.73 Å². The highest BCUT2D eigenvalue weighted by Crippen LogP contribution is 2.20. The molecule has 3 N–H and O–H groups in total. The first-order chi connectivity index (χ1) is 8.20. The molecule has 17 heavy (non-hydrogen) atoms. The molecule has 0 amide bonds. The summed E-state index contributed by atoms with van der Waals surface area (Å²) in [5.74, 6) is -0.258. The first kappa shape index (κ1) is 11.7. The van der Waals surface area contributed by atoms with Gasteiger partial charge in [0.15, 0.2) is 0 Å². The Morgan fingerprint density at radius 1 is 1.47 bits per heavy atom. The first-order valence-corrected chi connectivity index (χ1v) is 5.69. The molecule has 1 aromatic carbocycles. The van der Waals surface area contributed by atoms with Crippen LogP contribution in [0.1, 0.15) is 24.9 Å². The summed E-state index contributed by atoms with van der Waals surface area (Å²) >= 11 is 0. The van der Waals surface area contributed by atoms with E-state index in [1.165, 1.54) is 0 Å². The minimum Gasteiger partial charge on any atom is -0.466 e. The summed E-state index contributed by atoms with van der Waals surface area (Å²) in [5.41, 5.74) is 7.94. The second-order valence-corrected chi connectivity index (χ2v) is 3.94. The molecule has 0 fully saturated rings. The Balaban J connectivity index is 2.12. The van der Waals surface area contributed by atoms with Crippen molar-refractivity contribution in [2.45, 2.75) is 19.4 Å². The molecule has 0 saturated heterocycles. The normalized spacial score (nSPS) is 12.6. The van der Waals surface area contributed by atoms with E-state index < -0.39 is 0 Å². The van der Waals surface area contributed by atoms with Gasteiger partial charge in [-0.05, 0) is 30.0 Å². The van der Waals surface area contributed by atoms with Crippen molar-refractivity contribution in [3.05, 3.63) is 36.0 Å². The number of rotatable bonds is 4. The van der Waals surface area contributed by atoms with Crippen molar-refractivity contribution in [1.82, 2.24) is 4.98 Å². The summed E-state index contributed by atoms with van der Waals surface area (Å²) in [5, 5.41) is 1.14. The van der Waals surface area contributed by atoms with Gasteiger partial charge in [-0.3, -0.25) is 4.79 Å². The number of ether oxygens (including phenoxy) is 1. The van der Waals surface area contributed by atoms with E-state index in [4.69, 9.17) is 10.5 Å². The number of carbonyl (C=O) groups excluding carboxylic acids is 1. The van der Waals surface area contributed by atoms with Crippen LogP contribution >= 0.6 is 0 Å². The molecule has 0 radical (unpaired) electrons. The van der Waals surface area contributed by atoms with Gasteiger partial charge in [0, 0.05) is 17.8 Å². The summed E-state index contributed by atoms with van der Waals surface area (Å²) in [6, 6.07) is 7.59. The van der Waals surface area contributed by atoms with E-state index in [-0.39, 0.29) is 18.4 Å². The van der Waals surface area contributed by atoms with Crippen LogP contribution in [-0.2, 0) is 9.53 Å². The topological polar surface area (TPSA) is 68.1 Å². The number of benzene rings is 1. The lowest BCUT2D eigenvalue weighted by Gasteiger charge is -2.11. The predicted octanol–water partition coefficient (Wildman–Crippen LogP) is 2.12. The predicted molar refractivity (Wildman–Crippen MR) is 66.5 cm³/mol. The molecule has 0 aliphatic rings. The van der Waals surface area contributed by atoms with E-state index >= 15 is 0 Å². The second-order valence-electron chi connectivity index (χ2n) is 3.94. The first-order valence-electron chi connectivity index (χ1n) is 5.69. The Hall–Kier alpha value is -1.81. The molecule has 0 unspecified atom stereocenters. The third-order valence-electron chi connectivity index (χ3n) is 2.70. The van der Waals surface area contributed by atoms with Gasteiger partial charge in [-0.25, -0.2) is 0 Å². The summed E-state index contributed by atoms with van der Waals surface area (Å²) < 4.78 is 4.88. The van der Waals surface area contributed by atoms with Gasteiger partial charge < -0.3 is 15.5 Å². The van der Waals surface area contributed by atoms with E-state index in [0.717, 1.165) is 16.5 Å². The van der Waals surface area contributed by atoms with E-state index in [1.807, 2.05) is 30.5 Å². The molecule has 1 aromatic heterocycles. The maximum atomic E-state index is 11.3. The molecule has 0 aliphatic heterocycles. The van der Waals surface area contributed by atoms with Gasteiger partial charge in [0.2, 0.25) is 0 Å². The number of aromatic nitrogens is 1. The van der Waals surface area contributed by atoms with Gasteiger partial charge in [-0.15, -0.1) is 0 Å². The summed E-state index contributed by atoms with van der Waals surface area (Å²) in [6.45, 7) is 2.18. The smallest absolute Gasteiger partial charge is 0.307 e. The number of nitrogens with one attached hydrogen (secondary N) is 1. The van der Waals surface area contributed by atoms with Crippen molar-refractivity contribution in [1.29, 1.82) is 0 Å². The van der Waals surface area contributed by atoms with Crippen molar-refractivity contribution in [2.24, 2.45) is 5.73 Å². The molecule has 4 heteroatoms. The number of fused-ring (bicyclic) bond motifs is 1.